The van der Waals surface area contributed by atoms with Crippen LogP contribution in [0.5, 0.6) is 0 Å². The van der Waals surface area contributed by atoms with Gasteiger partial charge in [0.15, 0.2) is 10.9 Å². The van der Waals surface area contributed by atoms with Crippen molar-refractivity contribution in [3.05, 3.63) is 35.2 Å². The third kappa shape index (κ3) is 8.00. The van der Waals surface area contributed by atoms with Gasteiger partial charge in [-0.15, -0.1) is 22.9 Å². The number of hydrogen-bond donors (Lipinski definition) is 1. The van der Waals surface area contributed by atoms with E-state index in [1.54, 1.807) is 28.4 Å². The van der Waals surface area contributed by atoms with Crippen LogP contribution in [0.1, 0.15) is 36.0 Å². The molecular weight excluding hydrogens is 666 g/mol. The van der Waals surface area contributed by atoms with Gasteiger partial charge in [-0.05, 0) is 37.9 Å². The summed E-state index contributed by atoms with van der Waals surface area (Å²) in [5.41, 5.74) is 2.32. The van der Waals surface area contributed by atoms with Gasteiger partial charge < -0.3 is 24.8 Å². The number of likely N-dealkylation sites (N-methyl/N-ethyl adjacent to an activating group) is 1. The maximum absolute atomic E-state index is 13.8. The molecule has 2 aromatic rings. The number of likely N-dealkylation sites (tertiary alicyclic amines) is 1. The highest BCUT2D eigenvalue weighted by Crippen LogP contribution is 2.35. The lowest BCUT2D eigenvalue weighted by atomic mass is 9.95. The van der Waals surface area contributed by atoms with Crippen LogP contribution in [0.15, 0.2) is 29.6 Å². The van der Waals surface area contributed by atoms with Crippen LogP contribution < -0.4 is 10.2 Å². The van der Waals surface area contributed by atoms with E-state index in [1.165, 1.54) is 0 Å². The minimum Gasteiger partial charge on any atom is -0.366 e. The highest BCUT2D eigenvalue weighted by molar-refractivity contribution is 7.59. The minimum atomic E-state index is -0.694. The molecule has 0 bridgehead atoms. The Labute approximate surface area is 290 Å². The van der Waals surface area contributed by atoms with Crippen LogP contribution in [0.4, 0.5) is 5.13 Å². The predicted molar refractivity (Wildman–Crippen MR) is 192 cm³/mol. The lowest BCUT2D eigenvalue weighted by Gasteiger charge is -2.32. The molecule has 0 unspecified atom stereocenters. The van der Waals surface area contributed by atoms with Gasteiger partial charge in [-0.3, -0.25) is 14.4 Å². The van der Waals surface area contributed by atoms with Gasteiger partial charge in [0.1, 0.15) is 24.8 Å². The number of ether oxygens (including phenoxy) is 1. The first-order valence-electron chi connectivity index (χ1n) is 13.8. The largest absolute Gasteiger partial charge is 0.366 e. The summed E-state index contributed by atoms with van der Waals surface area (Å²) in [5, 5.41) is 5.67. The number of Topliss-reactive ketones (excluding diaryl/α,β-unsaturated/α-hetero) is 1. The zero-order valence-electron chi connectivity index (χ0n) is 24.1. The summed E-state index contributed by atoms with van der Waals surface area (Å²) in [5.74, 6) is -0.617. The lowest BCUT2D eigenvalue weighted by Crippen LogP contribution is -2.54. The molecule has 3 aliphatic heterocycles. The molecule has 15 heteroatoms. The van der Waals surface area contributed by atoms with Crippen molar-refractivity contribution < 1.29 is 19.1 Å². The standard InChI is InChI=1S/C28H34ClN5O4S.4H2S/c1-32-10-12-33(13-11-32)28-30-21(16-39-28)17-6-8-19(9-7-17)26(36)31-23(18-4-2-3-5-18)27(37)34-14-20(29)25-24(34)22(35)15-38-25;;;;/h6-9,16,18,20,23-25H,2-5,10-15H2,1H3,(H,31,36);4*1H2/t20-,23+,24-,25-;;;;/m1..../s1. The van der Waals surface area contributed by atoms with Crippen LogP contribution in [0.2, 0.25) is 0 Å². The van der Waals surface area contributed by atoms with Crippen LogP contribution in [0.25, 0.3) is 11.3 Å². The van der Waals surface area contributed by atoms with Crippen LogP contribution in [0, 0.1) is 5.92 Å². The molecule has 1 aromatic carbocycles. The molecule has 240 valence electrons. The first-order valence-corrected chi connectivity index (χ1v) is 15.1. The maximum Gasteiger partial charge on any atom is 0.251 e. The van der Waals surface area contributed by atoms with Gasteiger partial charge in [-0.1, -0.05) is 25.0 Å². The smallest absolute Gasteiger partial charge is 0.251 e. The number of rotatable bonds is 6. The number of carbonyl (C=O) groups is 3. The SMILES string of the molecule is CN1CCN(c2nc(-c3ccc(C(=O)N[C@H](C(=O)N4C[C@@H](Cl)[C@H]5OCC(=O)[C@H]54)C4CCCC4)cc3)cs2)CC1.S.S.S.S. The molecule has 1 aromatic heterocycles. The van der Waals surface area contributed by atoms with E-state index in [-0.39, 0.29) is 90.6 Å². The Hall–Kier alpha value is -1.13. The van der Waals surface area contributed by atoms with Crippen LogP contribution in [0.3, 0.4) is 0 Å². The zero-order chi connectivity index (χ0) is 27.1. The molecule has 4 heterocycles. The first kappa shape index (κ1) is 38.1. The summed E-state index contributed by atoms with van der Waals surface area (Å²) in [4.78, 5) is 50.6. The predicted octanol–water partition coefficient (Wildman–Crippen LogP) is 3.09. The van der Waals surface area contributed by atoms with Crippen molar-refractivity contribution in [3.63, 3.8) is 0 Å². The molecule has 1 aliphatic carbocycles. The Bertz CT molecular complexity index is 1240. The summed E-state index contributed by atoms with van der Waals surface area (Å²) in [6, 6.07) is 6.02. The van der Waals surface area contributed by atoms with Gasteiger partial charge >= 0.3 is 0 Å². The Morgan fingerprint density at radius 1 is 1.05 bits per heavy atom. The summed E-state index contributed by atoms with van der Waals surface area (Å²) < 4.78 is 5.55. The number of benzene rings is 1. The number of nitrogens with zero attached hydrogens (tertiary/aromatic N) is 4. The number of halogens is 1. The Morgan fingerprint density at radius 2 is 1.70 bits per heavy atom. The average molecular weight is 708 g/mol. The highest BCUT2D eigenvalue weighted by Gasteiger charge is 2.53. The monoisotopic (exact) mass is 707 g/mol. The molecule has 6 rings (SSSR count). The maximum atomic E-state index is 13.8. The quantitative estimate of drug-likeness (QED) is 0.462. The van der Waals surface area contributed by atoms with E-state index in [0.29, 0.717) is 5.56 Å². The van der Waals surface area contributed by atoms with Gasteiger partial charge in [-0.25, -0.2) is 4.98 Å². The molecule has 43 heavy (non-hydrogen) atoms. The van der Waals surface area contributed by atoms with Crippen LogP contribution >= 0.6 is 76.9 Å². The van der Waals surface area contributed by atoms with Crippen molar-refractivity contribution in [1.29, 1.82) is 0 Å². The highest BCUT2D eigenvalue weighted by atomic mass is 35.5. The molecule has 9 nitrogen and oxygen atoms in total. The number of fused-ring (bicyclic) bond motifs is 1. The lowest BCUT2D eigenvalue weighted by molar-refractivity contribution is -0.139. The molecule has 1 N–H and O–H groups in total. The van der Waals surface area contributed by atoms with Crippen molar-refractivity contribution in [2.75, 3.05) is 51.3 Å². The second kappa shape index (κ2) is 16.4. The molecular formula is C28H42ClN5O4S5. The van der Waals surface area contributed by atoms with Crippen molar-refractivity contribution in [2.24, 2.45) is 5.92 Å². The van der Waals surface area contributed by atoms with E-state index in [9.17, 15) is 14.4 Å². The number of amides is 2. The van der Waals surface area contributed by atoms with Crippen molar-refractivity contribution in [1.82, 2.24) is 20.1 Å². The Kier molecular flexibility index (Phi) is 14.5. The molecule has 4 aliphatic rings. The van der Waals surface area contributed by atoms with E-state index in [1.807, 2.05) is 12.1 Å². The normalized spacial score (nSPS) is 24.2. The number of carbonyl (C=O) groups excluding carboxylic acids is 3. The average Bonchev–Trinajstić information content (AvgIpc) is 3.75. The second-order valence-electron chi connectivity index (χ2n) is 11.1. The Morgan fingerprint density at radius 3 is 2.35 bits per heavy atom. The third-order valence-electron chi connectivity index (χ3n) is 8.54. The number of piperazine rings is 1. The molecule has 1 saturated carbocycles. The molecule has 4 atom stereocenters. The summed E-state index contributed by atoms with van der Waals surface area (Å²) >= 11 is 8.07. The summed E-state index contributed by atoms with van der Waals surface area (Å²) in [6.07, 6.45) is 3.31. The second-order valence-corrected chi connectivity index (χ2v) is 12.5. The van der Waals surface area contributed by atoms with E-state index in [0.717, 1.165) is 68.3 Å². The molecule has 0 spiro atoms. The van der Waals surface area contributed by atoms with Gasteiger partial charge in [0.25, 0.3) is 5.91 Å². The molecule has 4 fully saturated rings. The topological polar surface area (TPSA) is 95.1 Å². The summed E-state index contributed by atoms with van der Waals surface area (Å²) in [7, 11) is 2.14. The minimum absolute atomic E-state index is 0. The molecule has 0 radical (unpaired) electrons. The number of nitrogens with one attached hydrogen (secondary N) is 1. The summed E-state index contributed by atoms with van der Waals surface area (Å²) in [6.45, 7) is 4.21. The first-order chi connectivity index (χ1) is 18.9. The molecule has 3 saturated heterocycles. The van der Waals surface area contributed by atoms with E-state index in [2.05, 4.69) is 27.5 Å². The van der Waals surface area contributed by atoms with Gasteiger partial charge in [0.05, 0.1) is 11.1 Å². The van der Waals surface area contributed by atoms with Crippen molar-refractivity contribution in [2.45, 2.75) is 49.2 Å². The number of thiazole rings is 1. The zero-order valence-corrected chi connectivity index (χ0v) is 29.6. The number of anilines is 1. The van der Waals surface area contributed by atoms with Crippen LogP contribution in [-0.4, -0.2) is 102 Å². The number of aromatic nitrogens is 1. The number of alkyl halides is 1. The van der Waals surface area contributed by atoms with E-state index >= 15 is 0 Å². The van der Waals surface area contributed by atoms with E-state index in [4.69, 9.17) is 21.3 Å². The van der Waals surface area contributed by atoms with Gasteiger partial charge in [0.2, 0.25) is 5.91 Å². The Balaban J connectivity index is 0.00000161. The number of hydrogen-bond acceptors (Lipinski definition) is 8. The molecule has 2 amide bonds. The van der Waals surface area contributed by atoms with Gasteiger partial charge in [-0.2, -0.15) is 54.0 Å². The van der Waals surface area contributed by atoms with Crippen LogP contribution in [-0.2, 0) is 14.3 Å². The van der Waals surface area contributed by atoms with Crippen molar-refractivity contribution in [3.8, 4) is 11.3 Å². The fourth-order valence-electron chi connectivity index (χ4n) is 6.23. The van der Waals surface area contributed by atoms with E-state index < -0.39 is 23.6 Å². The number of ketones is 1. The van der Waals surface area contributed by atoms with Crippen molar-refractivity contribution >= 4 is 99.6 Å². The fraction of sp³-hybridized carbons (Fsp3) is 0.571. The third-order valence-corrected chi connectivity index (χ3v) is 9.83. The fourth-order valence-corrected chi connectivity index (χ4v) is 7.48. The van der Waals surface area contributed by atoms with Gasteiger partial charge in [0, 0.05) is 49.2 Å².